The van der Waals surface area contributed by atoms with E-state index in [0.717, 1.165) is 49.2 Å². The van der Waals surface area contributed by atoms with Gasteiger partial charge in [-0.15, -0.1) is 24.0 Å². The summed E-state index contributed by atoms with van der Waals surface area (Å²) in [4.78, 5) is 7.27. The van der Waals surface area contributed by atoms with Gasteiger partial charge in [-0.2, -0.15) is 0 Å². The van der Waals surface area contributed by atoms with Crippen LogP contribution in [0.4, 0.5) is 0 Å². The number of ether oxygens (including phenoxy) is 1. The Bertz CT molecular complexity index is 730. The Morgan fingerprint density at radius 2 is 1.93 bits per heavy atom. The van der Waals surface area contributed by atoms with E-state index in [1.54, 1.807) is 13.4 Å². The van der Waals surface area contributed by atoms with Crippen molar-refractivity contribution in [1.82, 2.24) is 15.5 Å². The highest BCUT2D eigenvalue weighted by atomic mass is 127. The molecule has 1 aliphatic heterocycles. The second-order valence-corrected chi connectivity index (χ2v) is 7.02. The molecular weight excluding hydrogens is 479 g/mol. The average Bonchev–Trinajstić information content (AvgIpc) is 3.27. The lowest BCUT2D eigenvalue weighted by Gasteiger charge is -2.33. The lowest BCUT2D eigenvalue weighted by atomic mass is 10.1. The molecule has 0 saturated carbocycles. The number of rotatable bonds is 8. The first-order valence-corrected chi connectivity index (χ1v) is 10.2. The molecule has 0 radical (unpaired) electrons. The molecule has 1 aromatic carbocycles. The maximum Gasteiger partial charge on any atom is 0.191 e. The maximum atomic E-state index is 5.74. The minimum Gasteiger partial charge on any atom is -0.496 e. The van der Waals surface area contributed by atoms with Gasteiger partial charge >= 0.3 is 0 Å². The number of furan rings is 1. The van der Waals surface area contributed by atoms with Gasteiger partial charge in [0.1, 0.15) is 11.5 Å². The molecule has 1 atom stereocenters. The summed E-state index contributed by atoms with van der Waals surface area (Å²) < 4.78 is 11.2. The molecule has 0 aliphatic carbocycles. The van der Waals surface area contributed by atoms with Crippen molar-refractivity contribution in [1.29, 1.82) is 0 Å². The fourth-order valence-electron chi connectivity index (χ4n) is 3.65. The Morgan fingerprint density at radius 1 is 1.14 bits per heavy atom. The summed E-state index contributed by atoms with van der Waals surface area (Å²) in [5, 5.41) is 6.85. The van der Waals surface area contributed by atoms with E-state index in [2.05, 4.69) is 28.5 Å². The monoisotopic (exact) mass is 512 g/mol. The van der Waals surface area contributed by atoms with Gasteiger partial charge in [-0.3, -0.25) is 4.90 Å². The predicted molar refractivity (Wildman–Crippen MR) is 128 cm³/mol. The molecule has 0 bridgehead atoms. The highest BCUT2D eigenvalue weighted by molar-refractivity contribution is 14.0. The fourth-order valence-corrected chi connectivity index (χ4v) is 3.65. The average molecular weight is 512 g/mol. The molecule has 1 aliphatic rings. The van der Waals surface area contributed by atoms with Crippen molar-refractivity contribution in [2.45, 2.75) is 38.8 Å². The Labute approximate surface area is 191 Å². The molecule has 29 heavy (non-hydrogen) atoms. The van der Waals surface area contributed by atoms with E-state index in [0.29, 0.717) is 6.54 Å². The van der Waals surface area contributed by atoms with Gasteiger partial charge in [0.05, 0.1) is 26.0 Å². The van der Waals surface area contributed by atoms with E-state index < -0.39 is 0 Å². The van der Waals surface area contributed by atoms with Crippen LogP contribution >= 0.6 is 24.0 Å². The van der Waals surface area contributed by atoms with Crippen LogP contribution in [0.1, 0.15) is 43.6 Å². The Morgan fingerprint density at radius 3 is 2.62 bits per heavy atom. The normalized spacial score (nSPS) is 16.0. The zero-order chi connectivity index (χ0) is 19.6. The number of hydrogen-bond donors (Lipinski definition) is 2. The summed E-state index contributed by atoms with van der Waals surface area (Å²) >= 11 is 0. The molecule has 160 valence electrons. The molecule has 2 heterocycles. The third-order valence-electron chi connectivity index (χ3n) is 5.11. The number of guanidine groups is 1. The lowest BCUT2D eigenvalue weighted by Crippen LogP contribution is -2.44. The summed E-state index contributed by atoms with van der Waals surface area (Å²) in [5.74, 6) is 2.68. The predicted octanol–water partition coefficient (Wildman–Crippen LogP) is 4.19. The van der Waals surface area contributed by atoms with Crippen LogP contribution in [0.15, 0.2) is 52.1 Å². The van der Waals surface area contributed by atoms with Crippen molar-refractivity contribution in [3.8, 4) is 5.75 Å². The van der Waals surface area contributed by atoms with Gasteiger partial charge in [-0.1, -0.05) is 24.6 Å². The molecule has 1 fully saturated rings. The second-order valence-electron chi connectivity index (χ2n) is 7.02. The van der Waals surface area contributed by atoms with Crippen LogP contribution in [-0.2, 0) is 6.54 Å². The highest BCUT2D eigenvalue weighted by Crippen LogP contribution is 2.24. The standard InChI is InChI=1S/C22H32N4O2.HI/c1-3-23-22(24-16-18-10-5-6-11-20(18)27-2)25-17-19(21-12-9-15-28-21)26-13-7-4-8-14-26;/h5-6,9-12,15,19H,3-4,7-8,13-14,16-17H2,1-2H3,(H2,23,24,25);1H. The maximum absolute atomic E-state index is 5.74. The highest BCUT2D eigenvalue weighted by Gasteiger charge is 2.24. The number of likely N-dealkylation sites (tertiary alicyclic amines) is 1. The first-order valence-electron chi connectivity index (χ1n) is 10.2. The van der Waals surface area contributed by atoms with Crippen molar-refractivity contribution in [2.24, 2.45) is 4.99 Å². The molecule has 1 aromatic heterocycles. The SMILES string of the molecule is CCNC(=NCc1ccccc1OC)NCC(c1ccco1)N1CCCCC1.I. The Kier molecular flexibility index (Phi) is 10.3. The second kappa shape index (κ2) is 12.7. The van der Waals surface area contributed by atoms with Gasteiger partial charge in [0.2, 0.25) is 0 Å². The molecule has 7 heteroatoms. The summed E-state index contributed by atoms with van der Waals surface area (Å²) in [6.45, 7) is 6.44. The summed E-state index contributed by atoms with van der Waals surface area (Å²) in [6.07, 6.45) is 5.57. The van der Waals surface area contributed by atoms with Crippen LogP contribution < -0.4 is 15.4 Å². The van der Waals surface area contributed by atoms with E-state index in [1.165, 1.54) is 19.3 Å². The van der Waals surface area contributed by atoms with E-state index in [9.17, 15) is 0 Å². The number of aliphatic imine (C=N–C) groups is 1. The quantitative estimate of drug-likeness (QED) is 0.316. The van der Waals surface area contributed by atoms with Crippen molar-refractivity contribution in [2.75, 3.05) is 33.3 Å². The molecule has 0 amide bonds. The van der Waals surface area contributed by atoms with Crippen LogP contribution in [-0.4, -0.2) is 44.1 Å². The van der Waals surface area contributed by atoms with Crippen LogP contribution in [0.3, 0.4) is 0 Å². The summed E-state index contributed by atoms with van der Waals surface area (Å²) in [5.41, 5.74) is 1.07. The van der Waals surface area contributed by atoms with E-state index in [4.69, 9.17) is 14.1 Å². The number of nitrogens with one attached hydrogen (secondary N) is 2. The van der Waals surface area contributed by atoms with Gasteiger partial charge in [0.25, 0.3) is 0 Å². The first kappa shape index (κ1) is 23.5. The molecule has 2 N–H and O–H groups in total. The number of para-hydroxylation sites is 1. The number of nitrogens with zero attached hydrogens (tertiary/aromatic N) is 2. The molecule has 0 spiro atoms. The first-order chi connectivity index (χ1) is 13.8. The van der Waals surface area contributed by atoms with Crippen LogP contribution in [0.2, 0.25) is 0 Å². The fraction of sp³-hybridized carbons (Fsp3) is 0.500. The third-order valence-corrected chi connectivity index (χ3v) is 5.11. The topological polar surface area (TPSA) is 62.0 Å². The lowest BCUT2D eigenvalue weighted by molar-refractivity contribution is 0.146. The smallest absolute Gasteiger partial charge is 0.191 e. The van der Waals surface area contributed by atoms with Gasteiger partial charge in [0, 0.05) is 18.7 Å². The van der Waals surface area contributed by atoms with E-state index in [-0.39, 0.29) is 30.0 Å². The van der Waals surface area contributed by atoms with Crippen molar-refractivity contribution >= 4 is 29.9 Å². The van der Waals surface area contributed by atoms with Crippen molar-refractivity contribution in [3.63, 3.8) is 0 Å². The molecule has 3 rings (SSSR count). The van der Waals surface area contributed by atoms with Gasteiger partial charge in [-0.05, 0) is 51.1 Å². The molecular formula is C22H33IN4O2. The zero-order valence-electron chi connectivity index (χ0n) is 17.4. The number of hydrogen-bond acceptors (Lipinski definition) is 4. The Balaban J connectivity index is 0.00000300. The van der Waals surface area contributed by atoms with Crippen molar-refractivity contribution in [3.05, 3.63) is 54.0 Å². The van der Waals surface area contributed by atoms with Crippen LogP contribution in [0.5, 0.6) is 5.75 Å². The van der Waals surface area contributed by atoms with Gasteiger partial charge in [0.15, 0.2) is 5.96 Å². The number of piperidine rings is 1. The van der Waals surface area contributed by atoms with E-state index in [1.807, 2.05) is 30.3 Å². The number of methoxy groups -OCH3 is 1. The van der Waals surface area contributed by atoms with Gasteiger partial charge in [-0.25, -0.2) is 4.99 Å². The molecule has 1 saturated heterocycles. The van der Waals surface area contributed by atoms with Crippen LogP contribution in [0.25, 0.3) is 0 Å². The summed E-state index contributed by atoms with van der Waals surface area (Å²) in [6, 6.07) is 12.2. The third kappa shape index (κ3) is 6.92. The number of benzene rings is 1. The molecule has 2 aromatic rings. The minimum absolute atomic E-state index is 0. The molecule has 6 nitrogen and oxygen atoms in total. The van der Waals surface area contributed by atoms with Crippen molar-refractivity contribution < 1.29 is 9.15 Å². The molecule has 1 unspecified atom stereocenters. The van der Waals surface area contributed by atoms with Gasteiger partial charge < -0.3 is 19.8 Å². The number of halogens is 1. The van der Waals surface area contributed by atoms with E-state index >= 15 is 0 Å². The Hall–Kier alpha value is -1.74. The zero-order valence-corrected chi connectivity index (χ0v) is 19.7. The minimum atomic E-state index is 0. The summed E-state index contributed by atoms with van der Waals surface area (Å²) in [7, 11) is 1.69. The van der Waals surface area contributed by atoms with Crippen LogP contribution in [0, 0.1) is 0 Å². The largest absolute Gasteiger partial charge is 0.496 e.